The van der Waals surface area contributed by atoms with E-state index in [2.05, 4.69) is 0 Å². The number of nitrogens with zero attached hydrogens (tertiary/aromatic N) is 1. The molecule has 22 heavy (non-hydrogen) atoms. The van der Waals surface area contributed by atoms with Crippen LogP contribution in [0, 0.1) is 13.8 Å². The van der Waals surface area contributed by atoms with Gasteiger partial charge in [0.15, 0.2) is 0 Å². The molecular weight excluding hydrogens is 322 g/mol. The number of hydrogen-bond acceptors (Lipinski definition) is 3. The maximum absolute atomic E-state index is 12.8. The summed E-state index contributed by atoms with van der Waals surface area (Å²) in [5.41, 5.74) is 1.91. The van der Waals surface area contributed by atoms with Crippen LogP contribution in [-0.2, 0) is 10.0 Å². The van der Waals surface area contributed by atoms with Gasteiger partial charge in [-0.3, -0.25) is 4.31 Å². The van der Waals surface area contributed by atoms with Crippen molar-refractivity contribution >= 4 is 27.3 Å². The molecule has 0 N–H and O–H groups in total. The summed E-state index contributed by atoms with van der Waals surface area (Å²) in [4.78, 5) is 0.257. The number of anilines is 1. The summed E-state index contributed by atoms with van der Waals surface area (Å²) in [5.74, 6) is 0.674. The monoisotopic (exact) mass is 339 g/mol. The fourth-order valence-electron chi connectivity index (χ4n) is 2.11. The molecule has 0 aliphatic carbocycles. The molecule has 2 aromatic rings. The van der Waals surface area contributed by atoms with Gasteiger partial charge in [0.05, 0.1) is 17.7 Å². The van der Waals surface area contributed by atoms with Crippen LogP contribution < -0.4 is 9.04 Å². The molecule has 0 atom stereocenters. The van der Waals surface area contributed by atoms with Crippen molar-refractivity contribution in [2.45, 2.75) is 18.7 Å². The summed E-state index contributed by atoms with van der Waals surface area (Å²) in [6.45, 7) is 3.52. The largest absolute Gasteiger partial charge is 0.497 e. The number of rotatable bonds is 4. The molecule has 0 heterocycles. The Morgan fingerprint density at radius 2 is 1.64 bits per heavy atom. The molecule has 2 rings (SSSR count). The molecule has 0 unspecified atom stereocenters. The van der Waals surface area contributed by atoms with Crippen molar-refractivity contribution in [1.29, 1.82) is 0 Å². The van der Waals surface area contributed by atoms with Gasteiger partial charge in [0.25, 0.3) is 10.0 Å². The van der Waals surface area contributed by atoms with E-state index >= 15 is 0 Å². The van der Waals surface area contributed by atoms with Gasteiger partial charge in [0, 0.05) is 12.1 Å². The lowest BCUT2D eigenvalue weighted by molar-refractivity contribution is 0.415. The minimum absolute atomic E-state index is 0.257. The van der Waals surface area contributed by atoms with Crippen LogP contribution >= 0.6 is 11.6 Å². The van der Waals surface area contributed by atoms with E-state index in [9.17, 15) is 8.42 Å². The van der Waals surface area contributed by atoms with Crippen molar-refractivity contribution in [3.05, 3.63) is 52.5 Å². The molecule has 4 nitrogen and oxygen atoms in total. The summed E-state index contributed by atoms with van der Waals surface area (Å²) in [5, 5.41) is 0.559. The van der Waals surface area contributed by atoms with Crippen molar-refractivity contribution in [1.82, 2.24) is 0 Å². The Morgan fingerprint density at radius 3 is 2.18 bits per heavy atom. The molecule has 0 amide bonds. The second-order valence-corrected chi connectivity index (χ2v) is 7.38. The average Bonchev–Trinajstić information content (AvgIpc) is 2.50. The summed E-state index contributed by atoms with van der Waals surface area (Å²) < 4.78 is 32.0. The van der Waals surface area contributed by atoms with Gasteiger partial charge in [-0.15, -0.1) is 0 Å². The Balaban J connectivity index is 2.47. The van der Waals surface area contributed by atoms with Crippen LogP contribution in [-0.4, -0.2) is 22.6 Å². The average molecular weight is 340 g/mol. The molecule has 0 aromatic heterocycles. The normalized spacial score (nSPS) is 11.3. The summed E-state index contributed by atoms with van der Waals surface area (Å²) in [6, 6.07) is 10.1. The highest BCUT2D eigenvalue weighted by molar-refractivity contribution is 7.92. The van der Waals surface area contributed by atoms with Crippen LogP contribution in [0.15, 0.2) is 41.3 Å². The summed E-state index contributed by atoms with van der Waals surface area (Å²) in [6.07, 6.45) is 0. The highest BCUT2D eigenvalue weighted by Gasteiger charge is 2.24. The predicted octanol–water partition coefficient (Wildman–Crippen LogP) is 3.79. The van der Waals surface area contributed by atoms with E-state index in [-0.39, 0.29) is 4.90 Å². The van der Waals surface area contributed by atoms with Crippen LogP contribution in [0.4, 0.5) is 5.69 Å². The minimum atomic E-state index is -3.65. The first kappa shape index (κ1) is 16.6. The molecular formula is C16H18ClNO3S. The van der Waals surface area contributed by atoms with Crippen molar-refractivity contribution < 1.29 is 13.2 Å². The lowest BCUT2D eigenvalue weighted by Crippen LogP contribution is -2.27. The Morgan fingerprint density at radius 1 is 1.05 bits per heavy atom. The van der Waals surface area contributed by atoms with Gasteiger partial charge in [0.1, 0.15) is 5.75 Å². The second kappa shape index (κ2) is 6.18. The first-order chi connectivity index (χ1) is 10.3. The third-order valence-electron chi connectivity index (χ3n) is 3.53. The summed E-state index contributed by atoms with van der Waals surface area (Å²) >= 11 is 6.04. The smallest absolute Gasteiger partial charge is 0.264 e. The number of halogens is 1. The SMILES string of the molecule is COc1ccc(N(C)S(=O)(=O)c2cc(C)c(Cl)cc2C)cc1. The van der Waals surface area contributed by atoms with Crippen molar-refractivity contribution in [3.63, 3.8) is 0 Å². The number of ether oxygens (including phenoxy) is 1. The third kappa shape index (κ3) is 3.05. The molecule has 0 aliphatic heterocycles. The zero-order valence-corrected chi connectivity index (χ0v) is 14.5. The molecule has 0 fully saturated rings. The minimum Gasteiger partial charge on any atom is -0.497 e. The predicted molar refractivity (Wildman–Crippen MR) is 89.5 cm³/mol. The van der Waals surface area contributed by atoms with Gasteiger partial charge < -0.3 is 4.74 Å². The van der Waals surface area contributed by atoms with Crippen LogP contribution in [0.2, 0.25) is 5.02 Å². The Hall–Kier alpha value is -1.72. The van der Waals surface area contributed by atoms with E-state index in [4.69, 9.17) is 16.3 Å². The zero-order chi connectivity index (χ0) is 16.5. The van der Waals surface area contributed by atoms with Crippen LogP contribution in [0.1, 0.15) is 11.1 Å². The number of benzene rings is 2. The van der Waals surface area contributed by atoms with E-state index in [1.165, 1.54) is 11.4 Å². The molecule has 2 aromatic carbocycles. The van der Waals surface area contributed by atoms with Crippen LogP contribution in [0.5, 0.6) is 5.75 Å². The maximum Gasteiger partial charge on any atom is 0.264 e. The fraction of sp³-hybridized carbons (Fsp3) is 0.250. The first-order valence-corrected chi connectivity index (χ1v) is 8.49. The van der Waals surface area contributed by atoms with E-state index in [0.29, 0.717) is 22.0 Å². The standard InChI is InChI=1S/C16H18ClNO3S/c1-11-10-16(12(2)9-15(11)17)22(19,20)18(3)13-5-7-14(21-4)8-6-13/h5-10H,1-4H3. The Bertz CT molecular complexity index is 786. The van der Waals surface area contributed by atoms with Gasteiger partial charge >= 0.3 is 0 Å². The van der Waals surface area contributed by atoms with Gasteiger partial charge in [0.2, 0.25) is 0 Å². The molecule has 118 valence electrons. The molecule has 0 spiro atoms. The molecule has 0 radical (unpaired) electrons. The Kier molecular flexibility index (Phi) is 4.68. The highest BCUT2D eigenvalue weighted by atomic mass is 35.5. The fourth-order valence-corrected chi connectivity index (χ4v) is 3.81. The van der Waals surface area contributed by atoms with Gasteiger partial charge in [-0.2, -0.15) is 0 Å². The first-order valence-electron chi connectivity index (χ1n) is 6.67. The zero-order valence-electron chi connectivity index (χ0n) is 12.9. The molecule has 0 saturated heterocycles. The molecule has 0 bridgehead atoms. The van der Waals surface area contributed by atoms with E-state index < -0.39 is 10.0 Å². The second-order valence-electron chi connectivity index (χ2n) is 5.04. The third-order valence-corrected chi connectivity index (χ3v) is 5.87. The summed E-state index contributed by atoms with van der Waals surface area (Å²) in [7, 11) is -0.555. The van der Waals surface area contributed by atoms with Crippen LogP contribution in [0.25, 0.3) is 0 Å². The number of sulfonamides is 1. The number of methoxy groups -OCH3 is 1. The van der Waals surface area contributed by atoms with Gasteiger partial charge in [-0.1, -0.05) is 11.6 Å². The molecule has 0 aliphatic rings. The van der Waals surface area contributed by atoms with Crippen molar-refractivity contribution in [2.24, 2.45) is 0 Å². The van der Waals surface area contributed by atoms with Crippen LogP contribution in [0.3, 0.4) is 0 Å². The Labute approximate surface area is 136 Å². The van der Waals surface area contributed by atoms with Gasteiger partial charge in [-0.05, 0) is 61.4 Å². The van der Waals surface area contributed by atoms with E-state index in [0.717, 1.165) is 5.56 Å². The topological polar surface area (TPSA) is 46.6 Å². The number of hydrogen-bond donors (Lipinski definition) is 0. The van der Waals surface area contributed by atoms with Crippen molar-refractivity contribution in [3.8, 4) is 5.75 Å². The van der Waals surface area contributed by atoms with Gasteiger partial charge in [-0.25, -0.2) is 8.42 Å². The molecule has 6 heteroatoms. The lowest BCUT2D eigenvalue weighted by atomic mass is 10.2. The number of aryl methyl sites for hydroxylation is 2. The quantitative estimate of drug-likeness (QED) is 0.851. The van der Waals surface area contributed by atoms with E-state index in [1.807, 2.05) is 0 Å². The lowest BCUT2D eigenvalue weighted by Gasteiger charge is -2.21. The van der Waals surface area contributed by atoms with E-state index in [1.54, 1.807) is 57.4 Å². The highest BCUT2D eigenvalue weighted by Crippen LogP contribution is 2.29. The molecule has 0 saturated carbocycles. The van der Waals surface area contributed by atoms with Crippen molar-refractivity contribution in [2.75, 3.05) is 18.5 Å². The maximum atomic E-state index is 12.8.